The molecule has 30 heavy (non-hydrogen) atoms. The van der Waals surface area contributed by atoms with E-state index in [2.05, 4.69) is 5.32 Å². The lowest BCUT2D eigenvalue weighted by atomic mass is 10.0. The standard InChI is InChI=1S/C23H22N2O5/c1-13(2)30-17-5-6-18-15(10-17)8-9-25(23(18)28)14(3)22(27)16-4-7-20-19(11-16)24-21(26)12-29-20/h4-11,13-14H,12H2,1-3H3,(H,24,26). The third-order valence-corrected chi connectivity index (χ3v) is 4.97. The molecule has 1 amide bonds. The number of aromatic nitrogens is 1. The fourth-order valence-corrected chi connectivity index (χ4v) is 3.50. The molecule has 7 nitrogen and oxygen atoms in total. The van der Waals surface area contributed by atoms with Gasteiger partial charge >= 0.3 is 0 Å². The third kappa shape index (κ3) is 3.66. The van der Waals surface area contributed by atoms with E-state index in [0.717, 1.165) is 5.39 Å². The highest BCUT2D eigenvalue weighted by Crippen LogP contribution is 2.30. The van der Waals surface area contributed by atoms with Gasteiger partial charge in [-0.2, -0.15) is 0 Å². The Morgan fingerprint density at radius 3 is 2.67 bits per heavy atom. The molecule has 1 N–H and O–H groups in total. The van der Waals surface area contributed by atoms with Crippen LogP contribution < -0.4 is 20.3 Å². The molecule has 0 fully saturated rings. The summed E-state index contributed by atoms with van der Waals surface area (Å²) in [5.74, 6) is 0.698. The van der Waals surface area contributed by atoms with Gasteiger partial charge in [0.05, 0.1) is 17.8 Å². The summed E-state index contributed by atoms with van der Waals surface area (Å²) in [4.78, 5) is 37.6. The monoisotopic (exact) mass is 406 g/mol. The molecular formula is C23H22N2O5. The van der Waals surface area contributed by atoms with Gasteiger partial charge in [-0.15, -0.1) is 0 Å². The number of rotatable bonds is 5. The smallest absolute Gasteiger partial charge is 0.262 e. The number of hydrogen-bond donors (Lipinski definition) is 1. The number of fused-ring (bicyclic) bond motifs is 2. The highest BCUT2D eigenvalue weighted by atomic mass is 16.5. The molecule has 3 aromatic rings. The van der Waals surface area contributed by atoms with E-state index in [1.807, 2.05) is 19.9 Å². The molecule has 4 rings (SSSR count). The molecule has 1 atom stereocenters. The molecule has 2 aromatic carbocycles. The average molecular weight is 406 g/mol. The summed E-state index contributed by atoms with van der Waals surface area (Å²) in [6.07, 6.45) is 1.66. The van der Waals surface area contributed by atoms with E-state index in [0.29, 0.717) is 28.1 Å². The number of hydrogen-bond acceptors (Lipinski definition) is 5. The topological polar surface area (TPSA) is 86.6 Å². The molecule has 154 valence electrons. The van der Waals surface area contributed by atoms with Crippen molar-refractivity contribution < 1.29 is 19.1 Å². The van der Waals surface area contributed by atoms with Crippen LogP contribution in [0, 0.1) is 0 Å². The van der Waals surface area contributed by atoms with Crippen LogP contribution in [-0.2, 0) is 4.79 Å². The lowest BCUT2D eigenvalue weighted by Crippen LogP contribution is -2.28. The van der Waals surface area contributed by atoms with E-state index in [4.69, 9.17) is 9.47 Å². The molecule has 0 aliphatic carbocycles. The number of ketones is 1. The Labute approximate surface area is 173 Å². The van der Waals surface area contributed by atoms with Crippen molar-refractivity contribution in [2.24, 2.45) is 0 Å². The molecule has 0 bridgehead atoms. The first-order chi connectivity index (χ1) is 14.3. The Morgan fingerprint density at radius 1 is 1.10 bits per heavy atom. The van der Waals surface area contributed by atoms with E-state index >= 15 is 0 Å². The van der Waals surface area contributed by atoms with Gasteiger partial charge in [-0.1, -0.05) is 0 Å². The number of anilines is 1. The number of carbonyl (C=O) groups is 2. The van der Waals surface area contributed by atoms with Gasteiger partial charge in [-0.25, -0.2) is 0 Å². The number of nitrogens with one attached hydrogen (secondary N) is 1. The van der Waals surface area contributed by atoms with E-state index < -0.39 is 6.04 Å². The summed E-state index contributed by atoms with van der Waals surface area (Å²) in [6.45, 7) is 5.51. The van der Waals surface area contributed by atoms with Crippen LogP contribution in [0.25, 0.3) is 10.8 Å². The van der Waals surface area contributed by atoms with Gasteiger partial charge in [0, 0.05) is 17.1 Å². The van der Waals surface area contributed by atoms with Crippen molar-refractivity contribution >= 4 is 28.2 Å². The molecule has 1 unspecified atom stereocenters. The summed E-state index contributed by atoms with van der Waals surface area (Å²) in [5.41, 5.74) is 0.589. The van der Waals surface area contributed by atoms with Crippen LogP contribution in [0.3, 0.4) is 0 Å². The van der Waals surface area contributed by atoms with Crippen LogP contribution >= 0.6 is 0 Å². The van der Waals surface area contributed by atoms with Crippen molar-refractivity contribution in [3.63, 3.8) is 0 Å². The Balaban J connectivity index is 1.65. The average Bonchev–Trinajstić information content (AvgIpc) is 2.72. The van der Waals surface area contributed by atoms with Crippen molar-refractivity contribution in [2.45, 2.75) is 32.9 Å². The lowest BCUT2D eigenvalue weighted by Gasteiger charge is -2.20. The molecule has 0 spiro atoms. The lowest BCUT2D eigenvalue weighted by molar-refractivity contribution is -0.118. The normalized spacial score (nSPS) is 14.1. The predicted octanol–water partition coefficient (Wildman–Crippen LogP) is 3.56. The maximum atomic E-state index is 13.0. The van der Waals surface area contributed by atoms with E-state index in [1.165, 1.54) is 4.57 Å². The van der Waals surface area contributed by atoms with Gasteiger partial charge in [0.1, 0.15) is 11.5 Å². The molecule has 0 saturated heterocycles. The number of amides is 1. The first-order valence-electron chi connectivity index (χ1n) is 9.76. The SMILES string of the molecule is CC(C)Oc1ccc2c(=O)n(C(C)C(=O)c3ccc4c(c3)NC(=O)CO4)ccc2c1. The summed E-state index contributed by atoms with van der Waals surface area (Å²) >= 11 is 0. The third-order valence-electron chi connectivity index (χ3n) is 4.97. The number of Topliss-reactive ketones (excluding diaryl/α,β-unsaturated/α-hetero) is 1. The summed E-state index contributed by atoms with van der Waals surface area (Å²) in [6, 6.07) is 11.2. The van der Waals surface area contributed by atoms with Crippen molar-refractivity contribution in [3.8, 4) is 11.5 Å². The molecule has 1 aliphatic heterocycles. The number of benzene rings is 2. The minimum absolute atomic E-state index is 0.0345. The molecule has 2 heterocycles. The van der Waals surface area contributed by atoms with Crippen LogP contribution in [0.1, 0.15) is 37.2 Å². The number of carbonyl (C=O) groups excluding carboxylic acids is 2. The second kappa shape index (κ2) is 7.67. The van der Waals surface area contributed by atoms with Crippen LogP contribution in [0.2, 0.25) is 0 Å². The van der Waals surface area contributed by atoms with Crippen molar-refractivity contribution in [1.29, 1.82) is 0 Å². The number of pyridine rings is 1. The van der Waals surface area contributed by atoms with Gasteiger partial charge in [0.25, 0.3) is 11.5 Å². The number of nitrogens with zero attached hydrogens (tertiary/aromatic N) is 1. The highest BCUT2D eigenvalue weighted by Gasteiger charge is 2.22. The van der Waals surface area contributed by atoms with Gasteiger partial charge in [-0.3, -0.25) is 14.4 Å². The fourth-order valence-electron chi connectivity index (χ4n) is 3.50. The van der Waals surface area contributed by atoms with Crippen LogP contribution in [-0.4, -0.2) is 29.0 Å². The van der Waals surface area contributed by atoms with E-state index in [9.17, 15) is 14.4 Å². The Hall–Kier alpha value is -3.61. The van der Waals surface area contributed by atoms with Crippen LogP contribution in [0.5, 0.6) is 11.5 Å². The van der Waals surface area contributed by atoms with Gasteiger partial charge < -0.3 is 19.4 Å². The maximum Gasteiger partial charge on any atom is 0.262 e. The second-order valence-corrected chi connectivity index (χ2v) is 7.53. The van der Waals surface area contributed by atoms with Gasteiger partial charge in [0.15, 0.2) is 12.4 Å². The molecule has 0 saturated carbocycles. The first kappa shape index (κ1) is 19.7. The molecule has 0 radical (unpaired) electrons. The van der Waals surface area contributed by atoms with Crippen molar-refractivity contribution in [2.75, 3.05) is 11.9 Å². The minimum atomic E-state index is -0.716. The first-order valence-corrected chi connectivity index (χ1v) is 9.76. The van der Waals surface area contributed by atoms with Crippen LogP contribution in [0.15, 0.2) is 53.5 Å². The Bertz CT molecular complexity index is 1210. The van der Waals surface area contributed by atoms with E-state index in [-0.39, 0.29) is 30.0 Å². The summed E-state index contributed by atoms with van der Waals surface area (Å²) in [5, 5.41) is 3.96. The summed E-state index contributed by atoms with van der Waals surface area (Å²) in [7, 11) is 0. The number of ether oxygens (including phenoxy) is 2. The molecule has 7 heteroatoms. The highest BCUT2D eigenvalue weighted by molar-refractivity contribution is 6.02. The van der Waals surface area contributed by atoms with Crippen LogP contribution in [0.4, 0.5) is 5.69 Å². The zero-order chi connectivity index (χ0) is 21.4. The second-order valence-electron chi connectivity index (χ2n) is 7.53. The zero-order valence-electron chi connectivity index (χ0n) is 17.0. The quantitative estimate of drug-likeness (QED) is 0.655. The largest absolute Gasteiger partial charge is 0.491 e. The zero-order valence-corrected chi connectivity index (χ0v) is 17.0. The molecule has 1 aliphatic rings. The Morgan fingerprint density at radius 2 is 1.90 bits per heavy atom. The van der Waals surface area contributed by atoms with Gasteiger partial charge in [0.2, 0.25) is 0 Å². The molecular weight excluding hydrogens is 384 g/mol. The molecule has 1 aromatic heterocycles. The fraction of sp³-hybridized carbons (Fsp3) is 0.261. The van der Waals surface area contributed by atoms with Crippen molar-refractivity contribution in [3.05, 3.63) is 64.6 Å². The van der Waals surface area contributed by atoms with Crippen molar-refractivity contribution in [1.82, 2.24) is 4.57 Å². The predicted molar refractivity (Wildman–Crippen MR) is 114 cm³/mol. The minimum Gasteiger partial charge on any atom is -0.491 e. The summed E-state index contributed by atoms with van der Waals surface area (Å²) < 4.78 is 12.4. The van der Waals surface area contributed by atoms with Gasteiger partial charge in [-0.05, 0) is 68.6 Å². The maximum absolute atomic E-state index is 13.0. The van der Waals surface area contributed by atoms with E-state index in [1.54, 1.807) is 49.5 Å². The Kier molecular flexibility index (Phi) is 5.03.